The summed E-state index contributed by atoms with van der Waals surface area (Å²) >= 11 is 0. The largest absolute Gasteiger partial charge is 0.336 e. The Balaban J connectivity index is 1.66. The van der Waals surface area contributed by atoms with Gasteiger partial charge in [0.25, 0.3) is 11.8 Å². The Hall–Kier alpha value is -2.66. The Kier molecular flexibility index (Phi) is 4.68. The van der Waals surface area contributed by atoms with Gasteiger partial charge in [-0.3, -0.25) is 9.59 Å². The number of anilines is 1. The molecule has 118 valence electrons. The lowest BCUT2D eigenvalue weighted by molar-refractivity contribution is 0.0735. The molecule has 1 aliphatic rings. The fraction of sp³-hybridized carbons (Fsp3) is 0.222. The van der Waals surface area contributed by atoms with Gasteiger partial charge in [-0.2, -0.15) is 0 Å². The van der Waals surface area contributed by atoms with E-state index < -0.39 is 0 Å². The van der Waals surface area contributed by atoms with Crippen molar-refractivity contribution in [3.63, 3.8) is 0 Å². The second-order valence-electron chi connectivity index (χ2n) is 5.44. The standard InChI is InChI=1S/C18H19N3O2/c22-17(20-16-4-2-1-3-5-16)14-6-8-15(9-7-14)18(23)21-12-10-19-11-13-21/h1-9,19H,10-13H2,(H,20,22). The lowest BCUT2D eigenvalue weighted by Crippen LogP contribution is -2.46. The van der Waals surface area contributed by atoms with Crippen LogP contribution in [0.3, 0.4) is 0 Å². The van der Waals surface area contributed by atoms with E-state index in [-0.39, 0.29) is 11.8 Å². The van der Waals surface area contributed by atoms with Crippen molar-refractivity contribution >= 4 is 17.5 Å². The summed E-state index contributed by atoms with van der Waals surface area (Å²) in [5.74, 6) is -0.168. The molecule has 0 aliphatic carbocycles. The van der Waals surface area contributed by atoms with Gasteiger partial charge in [-0.1, -0.05) is 18.2 Å². The SMILES string of the molecule is O=C(Nc1ccccc1)c1ccc(C(=O)N2CCNCC2)cc1. The molecule has 2 aromatic rings. The first-order valence-corrected chi connectivity index (χ1v) is 7.70. The molecule has 5 nitrogen and oxygen atoms in total. The van der Waals surface area contributed by atoms with Gasteiger partial charge < -0.3 is 15.5 Å². The molecule has 0 atom stereocenters. The number of amides is 2. The molecule has 1 aliphatic heterocycles. The zero-order valence-electron chi connectivity index (χ0n) is 12.8. The number of hydrogen-bond acceptors (Lipinski definition) is 3. The van der Waals surface area contributed by atoms with Crippen molar-refractivity contribution in [3.8, 4) is 0 Å². The van der Waals surface area contributed by atoms with E-state index >= 15 is 0 Å². The predicted octanol–water partition coefficient (Wildman–Crippen LogP) is 1.98. The van der Waals surface area contributed by atoms with Crippen molar-refractivity contribution in [1.82, 2.24) is 10.2 Å². The van der Waals surface area contributed by atoms with E-state index in [1.165, 1.54) is 0 Å². The Labute approximate surface area is 135 Å². The van der Waals surface area contributed by atoms with Gasteiger partial charge in [0.2, 0.25) is 0 Å². The molecule has 0 unspecified atom stereocenters. The smallest absolute Gasteiger partial charge is 0.255 e. The summed E-state index contributed by atoms with van der Waals surface area (Å²) in [6.07, 6.45) is 0. The van der Waals surface area contributed by atoms with Crippen LogP contribution in [0.15, 0.2) is 54.6 Å². The van der Waals surface area contributed by atoms with E-state index in [9.17, 15) is 9.59 Å². The Morgan fingerprint density at radius 2 is 1.48 bits per heavy atom. The molecule has 1 heterocycles. The number of piperazine rings is 1. The summed E-state index contributed by atoms with van der Waals surface area (Å²) in [6, 6.07) is 16.1. The summed E-state index contributed by atoms with van der Waals surface area (Å²) in [7, 11) is 0. The molecule has 2 aromatic carbocycles. The molecule has 1 saturated heterocycles. The first-order valence-electron chi connectivity index (χ1n) is 7.70. The summed E-state index contributed by atoms with van der Waals surface area (Å²) < 4.78 is 0. The fourth-order valence-electron chi connectivity index (χ4n) is 2.54. The molecule has 0 spiro atoms. The third kappa shape index (κ3) is 3.76. The highest BCUT2D eigenvalue weighted by Gasteiger charge is 2.18. The number of carbonyl (C=O) groups excluding carboxylic acids is 2. The van der Waals surface area contributed by atoms with Gasteiger partial charge in [0.1, 0.15) is 0 Å². The molecule has 2 N–H and O–H groups in total. The van der Waals surface area contributed by atoms with Crippen molar-refractivity contribution < 1.29 is 9.59 Å². The van der Waals surface area contributed by atoms with Crippen molar-refractivity contribution in [1.29, 1.82) is 0 Å². The van der Waals surface area contributed by atoms with Crippen molar-refractivity contribution in [3.05, 3.63) is 65.7 Å². The van der Waals surface area contributed by atoms with Crippen LogP contribution in [0, 0.1) is 0 Å². The maximum Gasteiger partial charge on any atom is 0.255 e. The highest BCUT2D eigenvalue weighted by molar-refractivity contribution is 6.05. The topological polar surface area (TPSA) is 61.4 Å². The third-order valence-electron chi connectivity index (χ3n) is 3.83. The van der Waals surface area contributed by atoms with Crippen LogP contribution in [-0.4, -0.2) is 42.9 Å². The molecule has 23 heavy (non-hydrogen) atoms. The van der Waals surface area contributed by atoms with Crippen LogP contribution in [0.1, 0.15) is 20.7 Å². The lowest BCUT2D eigenvalue weighted by atomic mass is 10.1. The molecule has 0 aromatic heterocycles. The minimum atomic E-state index is -0.183. The molecule has 2 amide bonds. The van der Waals surface area contributed by atoms with Gasteiger partial charge in [0.05, 0.1) is 0 Å². The van der Waals surface area contributed by atoms with Crippen LogP contribution >= 0.6 is 0 Å². The van der Waals surface area contributed by atoms with Gasteiger partial charge in [-0.15, -0.1) is 0 Å². The summed E-state index contributed by atoms with van der Waals surface area (Å²) in [5.41, 5.74) is 1.90. The molecule has 0 bridgehead atoms. The monoisotopic (exact) mass is 309 g/mol. The van der Waals surface area contributed by atoms with E-state index in [0.29, 0.717) is 11.1 Å². The first kappa shape index (κ1) is 15.2. The minimum absolute atomic E-state index is 0.0153. The number of nitrogens with one attached hydrogen (secondary N) is 2. The lowest BCUT2D eigenvalue weighted by Gasteiger charge is -2.27. The highest BCUT2D eigenvalue weighted by Crippen LogP contribution is 2.11. The van der Waals surface area contributed by atoms with Crippen LogP contribution in [0.5, 0.6) is 0 Å². The van der Waals surface area contributed by atoms with E-state index in [4.69, 9.17) is 0 Å². The molecule has 1 fully saturated rings. The van der Waals surface area contributed by atoms with Crippen LogP contribution in [0.2, 0.25) is 0 Å². The second-order valence-corrected chi connectivity index (χ2v) is 5.44. The maximum absolute atomic E-state index is 12.4. The van der Waals surface area contributed by atoms with Crippen LogP contribution in [0.25, 0.3) is 0 Å². The highest BCUT2D eigenvalue weighted by atomic mass is 16.2. The van der Waals surface area contributed by atoms with Crippen molar-refractivity contribution in [2.75, 3.05) is 31.5 Å². The molecule has 3 rings (SSSR count). The van der Waals surface area contributed by atoms with E-state index in [1.54, 1.807) is 24.3 Å². The fourth-order valence-corrected chi connectivity index (χ4v) is 2.54. The predicted molar refractivity (Wildman–Crippen MR) is 89.6 cm³/mol. The molecule has 5 heteroatoms. The van der Waals surface area contributed by atoms with E-state index in [1.807, 2.05) is 35.2 Å². The van der Waals surface area contributed by atoms with Gasteiger partial charge in [-0.05, 0) is 36.4 Å². The molecular weight excluding hydrogens is 290 g/mol. The van der Waals surface area contributed by atoms with E-state index in [2.05, 4.69) is 10.6 Å². The van der Waals surface area contributed by atoms with Gasteiger partial charge in [-0.25, -0.2) is 0 Å². The average molecular weight is 309 g/mol. The molecule has 0 radical (unpaired) electrons. The number of benzene rings is 2. The number of rotatable bonds is 3. The maximum atomic E-state index is 12.4. The zero-order chi connectivity index (χ0) is 16.1. The summed E-state index contributed by atoms with van der Waals surface area (Å²) in [6.45, 7) is 3.08. The number of carbonyl (C=O) groups is 2. The van der Waals surface area contributed by atoms with Gasteiger partial charge in [0.15, 0.2) is 0 Å². The van der Waals surface area contributed by atoms with Crippen molar-refractivity contribution in [2.45, 2.75) is 0 Å². The second kappa shape index (κ2) is 7.07. The van der Waals surface area contributed by atoms with Gasteiger partial charge in [0, 0.05) is 43.0 Å². The number of hydrogen-bond donors (Lipinski definition) is 2. The van der Waals surface area contributed by atoms with Crippen LogP contribution in [-0.2, 0) is 0 Å². The average Bonchev–Trinajstić information content (AvgIpc) is 2.63. The van der Waals surface area contributed by atoms with Crippen LogP contribution in [0.4, 0.5) is 5.69 Å². The minimum Gasteiger partial charge on any atom is -0.336 e. The van der Waals surface area contributed by atoms with Crippen molar-refractivity contribution in [2.24, 2.45) is 0 Å². The zero-order valence-corrected chi connectivity index (χ0v) is 12.8. The Bertz CT molecular complexity index is 677. The normalized spacial score (nSPS) is 14.3. The van der Waals surface area contributed by atoms with E-state index in [0.717, 1.165) is 31.9 Å². The molecule has 0 saturated carbocycles. The Morgan fingerprint density at radius 1 is 0.870 bits per heavy atom. The quantitative estimate of drug-likeness (QED) is 0.911. The number of para-hydroxylation sites is 1. The Morgan fingerprint density at radius 3 is 2.13 bits per heavy atom. The van der Waals surface area contributed by atoms with Crippen LogP contribution < -0.4 is 10.6 Å². The van der Waals surface area contributed by atoms with Gasteiger partial charge >= 0.3 is 0 Å². The molecular formula is C18H19N3O2. The summed E-state index contributed by atoms with van der Waals surface area (Å²) in [4.78, 5) is 26.4. The summed E-state index contributed by atoms with van der Waals surface area (Å²) in [5, 5.41) is 6.05. The number of nitrogens with zero attached hydrogens (tertiary/aromatic N) is 1. The third-order valence-corrected chi connectivity index (χ3v) is 3.83. The first-order chi connectivity index (χ1) is 11.2.